The minimum Gasteiger partial charge on any atom is -0.352 e. The van der Waals surface area contributed by atoms with Crippen molar-refractivity contribution in [3.63, 3.8) is 0 Å². The van der Waals surface area contributed by atoms with Gasteiger partial charge in [0.05, 0.1) is 0 Å². The van der Waals surface area contributed by atoms with Crippen molar-refractivity contribution in [3.05, 3.63) is 105 Å². The van der Waals surface area contributed by atoms with Crippen LogP contribution in [0.25, 0.3) is 0 Å². The van der Waals surface area contributed by atoms with Gasteiger partial charge in [-0.2, -0.15) is 0 Å². The topological polar surface area (TPSA) is 49.4 Å². The van der Waals surface area contributed by atoms with Crippen molar-refractivity contribution in [2.75, 3.05) is 0 Å². The maximum atomic E-state index is 14.0. The van der Waals surface area contributed by atoms with Gasteiger partial charge >= 0.3 is 0 Å². The maximum Gasteiger partial charge on any atom is 0.243 e. The molecule has 0 unspecified atom stereocenters. The molecular weight excluding hydrogens is 527 g/mol. The van der Waals surface area contributed by atoms with Crippen molar-refractivity contribution >= 4 is 35.0 Å². The van der Waals surface area contributed by atoms with E-state index in [9.17, 15) is 9.59 Å². The molecule has 0 aromatic heterocycles. The first-order valence-electron chi connectivity index (χ1n) is 14.0. The van der Waals surface area contributed by atoms with E-state index in [0.29, 0.717) is 34.4 Å². The number of hydrogen-bond acceptors (Lipinski definition) is 2. The third-order valence-corrected chi connectivity index (χ3v) is 8.34. The number of carbonyl (C=O) groups is 2. The Kier molecular flexibility index (Phi) is 10.5. The Morgan fingerprint density at radius 3 is 2.13 bits per heavy atom. The van der Waals surface area contributed by atoms with Gasteiger partial charge < -0.3 is 10.2 Å². The van der Waals surface area contributed by atoms with Crippen molar-refractivity contribution in [2.24, 2.45) is 0 Å². The van der Waals surface area contributed by atoms with Crippen molar-refractivity contribution in [1.29, 1.82) is 0 Å². The van der Waals surface area contributed by atoms with Crippen LogP contribution in [0.2, 0.25) is 10.0 Å². The van der Waals surface area contributed by atoms with Crippen LogP contribution in [0.3, 0.4) is 0 Å². The van der Waals surface area contributed by atoms with Gasteiger partial charge in [0.2, 0.25) is 11.8 Å². The molecule has 6 heteroatoms. The summed E-state index contributed by atoms with van der Waals surface area (Å²) in [6, 6.07) is 23.1. The highest BCUT2D eigenvalue weighted by Crippen LogP contribution is 2.28. The van der Waals surface area contributed by atoms with Crippen molar-refractivity contribution in [2.45, 2.75) is 83.3 Å². The summed E-state index contributed by atoms with van der Waals surface area (Å²) >= 11 is 13.1. The lowest BCUT2D eigenvalue weighted by Gasteiger charge is -2.33. The molecule has 4 nitrogen and oxygen atoms in total. The first-order chi connectivity index (χ1) is 18.8. The Morgan fingerprint density at radius 1 is 0.872 bits per heavy atom. The average Bonchev–Trinajstić information content (AvgIpc) is 3.44. The molecule has 0 aliphatic heterocycles. The first-order valence-corrected chi connectivity index (χ1v) is 14.7. The van der Waals surface area contributed by atoms with Gasteiger partial charge in [0.1, 0.15) is 6.04 Å². The standard InChI is InChI=1S/C33H38Cl2N2O2/c1-23(2)26-18-15-24(16-19-26)17-20-32(38)37(22-28-29(34)13-8-14-30(28)35)31(21-25-9-4-3-5-10-25)33(39)36-27-11-6-7-12-27/h3-5,8-10,13-16,18-19,23,27,31H,6-7,11-12,17,20-22H2,1-2H3,(H,36,39)/t31-/m1/s1. The minimum absolute atomic E-state index is 0.0959. The highest BCUT2D eigenvalue weighted by atomic mass is 35.5. The second kappa shape index (κ2) is 14.0. The third kappa shape index (κ3) is 8.09. The zero-order valence-electron chi connectivity index (χ0n) is 22.8. The van der Waals surface area contributed by atoms with Crippen LogP contribution in [0.15, 0.2) is 72.8 Å². The Bertz CT molecular complexity index is 1220. The zero-order chi connectivity index (χ0) is 27.8. The molecule has 1 aliphatic rings. The van der Waals surface area contributed by atoms with Gasteiger partial charge in [-0.15, -0.1) is 0 Å². The molecule has 3 aromatic rings. The Balaban J connectivity index is 1.62. The van der Waals surface area contributed by atoms with Gasteiger partial charge in [0, 0.05) is 41.0 Å². The molecule has 206 valence electrons. The second-order valence-corrected chi connectivity index (χ2v) is 11.6. The Labute approximate surface area is 242 Å². The number of halogens is 2. The van der Waals surface area contributed by atoms with E-state index in [1.165, 1.54) is 5.56 Å². The zero-order valence-corrected chi connectivity index (χ0v) is 24.3. The van der Waals surface area contributed by atoms with Crippen LogP contribution in [-0.4, -0.2) is 28.8 Å². The summed E-state index contributed by atoms with van der Waals surface area (Å²) in [7, 11) is 0. The normalized spacial score (nSPS) is 14.4. The highest BCUT2D eigenvalue weighted by molar-refractivity contribution is 6.36. The summed E-state index contributed by atoms with van der Waals surface area (Å²) in [4.78, 5) is 29.5. The van der Waals surface area contributed by atoms with E-state index in [0.717, 1.165) is 36.8 Å². The lowest BCUT2D eigenvalue weighted by Crippen LogP contribution is -2.52. The van der Waals surface area contributed by atoms with Gasteiger partial charge in [0.15, 0.2) is 0 Å². The van der Waals surface area contributed by atoms with Crippen molar-refractivity contribution in [1.82, 2.24) is 10.2 Å². The highest BCUT2D eigenvalue weighted by Gasteiger charge is 2.32. The number of nitrogens with zero attached hydrogens (tertiary/aromatic N) is 1. The predicted molar refractivity (Wildman–Crippen MR) is 160 cm³/mol. The van der Waals surface area contributed by atoms with Crippen LogP contribution in [0.5, 0.6) is 0 Å². The van der Waals surface area contributed by atoms with Crippen LogP contribution in [-0.2, 0) is 29.0 Å². The Morgan fingerprint density at radius 2 is 1.51 bits per heavy atom. The molecule has 0 saturated heterocycles. The fraction of sp³-hybridized carbons (Fsp3) is 0.394. The first kappa shape index (κ1) is 29.2. The molecule has 1 atom stereocenters. The molecule has 4 rings (SSSR count). The number of amides is 2. The van der Waals surface area contributed by atoms with E-state index >= 15 is 0 Å². The van der Waals surface area contributed by atoms with Gasteiger partial charge in [-0.1, -0.05) is 111 Å². The molecule has 1 fully saturated rings. The third-order valence-electron chi connectivity index (χ3n) is 7.64. The molecule has 0 radical (unpaired) electrons. The smallest absolute Gasteiger partial charge is 0.243 e. The monoisotopic (exact) mass is 564 g/mol. The fourth-order valence-corrected chi connectivity index (χ4v) is 5.76. The number of benzene rings is 3. The molecular formula is C33H38Cl2N2O2. The van der Waals surface area contributed by atoms with Crippen molar-refractivity contribution in [3.8, 4) is 0 Å². The summed E-state index contributed by atoms with van der Waals surface area (Å²) < 4.78 is 0. The molecule has 0 heterocycles. The van der Waals surface area contributed by atoms with Crippen molar-refractivity contribution < 1.29 is 9.59 Å². The number of rotatable bonds is 11. The van der Waals surface area contributed by atoms with E-state index in [2.05, 4.69) is 43.4 Å². The lowest BCUT2D eigenvalue weighted by atomic mass is 9.99. The summed E-state index contributed by atoms with van der Waals surface area (Å²) in [5.41, 5.74) is 4.02. The summed E-state index contributed by atoms with van der Waals surface area (Å²) in [5, 5.41) is 4.21. The fourth-order valence-electron chi connectivity index (χ4n) is 5.24. The van der Waals surface area contributed by atoms with Gasteiger partial charge in [-0.3, -0.25) is 9.59 Å². The lowest BCUT2D eigenvalue weighted by molar-refractivity contribution is -0.141. The quantitative estimate of drug-likeness (QED) is 0.259. The number of carbonyl (C=O) groups excluding carboxylic acids is 2. The number of aryl methyl sites for hydroxylation is 1. The average molecular weight is 566 g/mol. The molecule has 2 amide bonds. The summed E-state index contributed by atoms with van der Waals surface area (Å²) in [6.07, 6.45) is 5.46. The summed E-state index contributed by atoms with van der Waals surface area (Å²) in [6.45, 7) is 4.50. The number of hydrogen-bond donors (Lipinski definition) is 1. The van der Waals surface area contributed by atoms with E-state index in [1.54, 1.807) is 23.1 Å². The molecule has 1 saturated carbocycles. The molecule has 3 aromatic carbocycles. The van der Waals surface area contributed by atoms with Crippen LogP contribution in [0.4, 0.5) is 0 Å². The molecule has 0 spiro atoms. The SMILES string of the molecule is CC(C)c1ccc(CCC(=O)N(Cc2c(Cl)cccc2Cl)[C@H](Cc2ccccc2)C(=O)NC2CCCC2)cc1. The second-order valence-electron chi connectivity index (χ2n) is 10.8. The van der Waals surface area contributed by atoms with Crippen LogP contribution in [0.1, 0.15) is 74.1 Å². The van der Waals surface area contributed by atoms with Gasteiger partial charge in [0.25, 0.3) is 0 Å². The van der Waals surface area contributed by atoms with E-state index in [4.69, 9.17) is 23.2 Å². The Hall–Kier alpha value is -2.82. The maximum absolute atomic E-state index is 14.0. The van der Waals surface area contributed by atoms with Crippen LogP contribution < -0.4 is 5.32 Å². The molecule has 1 N–H and O–H groups in total. The largest absolute Gasteiger partial charge is 0.352 e. The predicted octanol–water partition coefficient (Wildman–Crippen LogP) is 7.75. The molecule has 1 aliphatic carbocycles. The van der Waals surface area contributed by atoms with Gasteiger partial charge in [-0.25, -0.2) is 0 Å². The number of nitrogens with one attached hydrogen (secondary N) is 1. The van der Waals surface area contributed by atoms with E-state index in [-0.39, 0.29) is 30.8 Å². The molecule has 0 bridgehead atoms. The molecule has 39 heavy (non-hydrogen) atoms. The van der Waals surface area contributed by atoms with Crippen LogP contribution in [0, 0.1) is 0 Å². The van der Waals surface area contributed by atoms with Crippen LogP contribution >= 0.6 is 23.2 Å². The minimum atomic E-state index is -0.684. The van der Waals surface area contributed by atoms with E-state index < -0.39 is 6.04 Å². The van der Waals surface area contributed by atoms with E-state index in [1.807, 2.05) is 30.3 Å². The van der Waals surface area contributed by atoms with Gasteiger partial charge in [-0.05, 0) is 54.0 Å². The summed E-state index contributed by atoms with van der Waals surface area (Å²) in [5.74, 6) is 0.235.